The van der Waals surface area contributed by atoms with Crippen LogP contribution in [0.3, 0.4) is 0 Å². The van der Waals surface area contributed by atoms with Crippen LogP contribution in [0.1, 0.15) is 284 Å². The maximum Gasteiger partial charge on any atom is 0.313 e. The van der Waals surface area contributed by atoms with Crippen molar-refractivity contribution in [2.24, 2.45) is 0 Å². The average molecular weight is 815 g/mol. The number of carbonyl (C=O) groups excluding carboxylic acids is 4. The zero-order valence-electron chi connectivity index (χ0n) is 38.5. The molecule has 0 heterocycles. The summed E-state index contributed by atoms with van der Waals surface area (Å²) in [6, 6.07) is 0. The Morgan fingerprint density at radius 2 is 0.431 bits per heavy atom. The summed E-state index contributed by atoms with van der Waals surface area (Å²) < 4.78 is 10.0. The molecular weight excluding hydrogens is 721 g/mol. The Bertz CT molecular complexity index is 906. The van der Waals surface area contributed by atoms with Gasteiger partial charge in [0.1, 0.15) is 0 Å². The Kier molecular flexibility index (Phi) is 45.6. The molecule has 0 aromatic rings. The minimum atomic E-state index is -0.368. The van der Waals surface area contributed by atoms with E-state index >= 15 is 0 Å². The van der Waals surface area contributed by atoms with Gasteiger partial charge in [0.15, 0.2) is 0 Å². The van der Waals surface area contributed by atoms with Gasteiger partial charge in [-0.2, -0.15) is 0 Å². The first-order valence-electron chi connectivity index (χ1n) is 25.3. The Balaban J connectivity index is 3.41. The summed E-state index contributed by atoms with van der Waals surface area (Å²) in [4.78, 5) is 48.0. The second kappa shape index (κ2) is 47.4. The molecule has 0 aromatic carbocycles. The minimum absolute atomic E-state index is 0.337. The molecule has 0 N–H and O–H groups in total. The first-order chi connectivity index (χ1) is 28.5. The van der Waals surface area contributed by atoms with Crippen LogP contribution < -0.4 is 0 Å². The van der Waals surface area contributed by atoms with E-state index in [1.54, 1.807) is 0 Å². The van der Waals surface area contributed by atoms with Crippen LogP contribution in [0.5, 0.6) is 0 Å². The lowest BCUT2D eigenvalue weighted by Crippen LogP contribution is -2.11. The van der Waals surface area contributed by atoms with Crippen LogP contribution in [0.2, 0.25) is 0 Å². The van der Waals surface area contributed by atoms with Gasteiger partial charge >= 0.3 is 23.9 Å². The molecule has 0 aliphatic heterocycles. The van der Waals surface area contributed by atoms with E-state index in [-0.39, 0.29) is 23.9 Å². The van der Waals surface area contributed by atoms with Gasteiger partial charge in [-0.25, -0.2) is 0 Å². The summed E-state index contributed by atoms with van der Waals surface area (Å²) in [7, 11) is 0. The smallest absolute Gasteiger partial charge is 0.313 e. The lowest BCUT2D eigenvalue weighted by atomic mass is 10.0. The van der Waals surface area contributed by atoms with E-state index in [0.29, 0.717) is 25.7 Å². The van der Waals surface area contributed by atoms with E-state index in [0.717, 1.165) is 89.9 Å². The molecule has 0 unspecified atom stereocenters. The lowest BCUT2D eigenvalue weighted by molar-refractivity contribution is -0.161. The second-order valence-electron chi connectivity index (χ2n) is 17.1. The van der Waals surface area contributed by atoms with Gasteiger partial charge < -0.3 is 9.47 Å². The van der Waals surface area contributed by atoms with E-state index in [1.807, 2.05) is 0 Å². The molecule has 0 saturated carbocycles. The molecule has 0 amide bonds. The van der Waals surface area contributed by atoms with Crippen LogP contribution >= 0.6 is 0 Å². The van der Waals surface area contributed by atoms with Gasteiger partial charge in [0.25, 0.3) is 0 Å². The molecule has 6 nitrogen and oxygen atoms in total. The van der Waals surface area contributed by atoms with Gasteiger partial charge in [-0.05, 0) is 77.0 Å². The zero-order chi connectivity index (χ0) is 42.3. The highest BCUT2D eigenvalue weighted by Gasteiger charge is 2.11. The van der Waals surface area contributed by atoms with Crippen molar-refractivity contribution in [3.63, 3.8) is 0 Å². The number of hydrogen-bond acceptors (Lipinski definition) is 6. The van der Waals surface area contributed by atoms with E-state index in [2.05, 4.69) is 38.2 Å². The molecule has 0 saturated heterocycles. The molecule has 0 rings (SSSR count). The van der Waals surface area contributed by atoms with E-state index in [4.69, 9.17) is 9.47 Å². The molecule has 0 aromatic heterocycles. The summed E-state index contributed by atoms with van der Waals surface area (Å²) in [5.74, 6) is -1.47. The molecule has 6 heteroatoms. The highest BCUT2D eigenvalue weighted by Crippen LogP contribution is 2.15. The largest absolute Gasteiger partial charge is 0.393 e. The van der Waals surface area contributed by atoms with Crippen LogP contribution in [0.25, 0.3) is 0 Å². The van der Waals surface area contributed by atoms with Gasteiger partial charge in [0, 0.05) is 25.7 Å². The van der Waals surface area contributed by atoms with Gasteiger partial charge in [-0.1, -0.05) is 205 Å². The van der Waals surface area contributed by atoms with E-state index < -0.39 is 0 Å². The fraction of sp³-hybridized carbons (Fsp3) is 0.846. The standard InChI is InChI=1S/C52H94O6/c1-3-5-7-9-11-13-15-17-19-21-25-29-33-37-41-45-49(53)57-51(55)47-43-39-35-31-27-23-24-28-32-36-40-44-48-52(56)58-50(54)46-42-38-34-30-26-22-20-18-16-14-12-10-8-6-4-2/h17-20H,3-16,21-48H2,1-2H3/b19-17+,20-18+. The number of unbranched alkanes of at least 4 members (excludes halogenated alkanes) is 33. The number of hydrogen-bond donors (Lipinski definition) is 0. The fourth-order valence-electron chi connectivity index (χ4n) is 7.44. The molecule has 0 radical (unpaired) electrons. The summed E-state index contributed by atoms with van der Waals surface area (Å²) >= 11 is 0. The molecule has 0 aliphatic carbocycles. The van der Waals surface area contributed by atoms with Crippen molar-refractivity contribution in [2.75, 3.05) is 0 Å². The molecule has 0 spiro atoms. The maximum absolute atomic E-state index is 12.0. The lowest BCUT2D eigenvalue weighted by Gasteiger charge is -2.05. The van der Waals surface area contributed by atoms with Crippen LogP contribution in [-0.2, 0) is 28.7 Å². The number of allylic oxidation sites excluding steroid dienone is 4. The van der Waals surface area contributed by atoms with E-state index in [1.165, 1.54) is 154 Å². The summed E-state index contributed by atoms with van der Waals surface area (Å²) in [5, 5.41) is 0. The van der Waals surface area contributed by atoms with Crippen molar-refractivity contribution < 1.29 is 28.7 Å². The summed E-state index contributed by atoms with van der Waals surface area (Å²) in [6.07, 6.45) is 55.5. The number of carbonyl (C=O) groups is 4. The van der Waals surface area contributed by atoms with Gasteiger partial charge in [-0.3, -0.25) is 19.2 Å². The first-order valence-corrected chi connectivity index (χ1v) is 25.3. The zero-order valence-corrected chi connectivity index (χ0v) is 38.5. The second-order valence-corrected chi connectivity index (χ2v) is 17.1. The monoisotopic (exact) mass is 815 g/mol. The Morgan fingerprint density at radius 3 is 0.638 bits per heavy atom. The summed E-state index contributed by atoms with van der Waals surface area (Å²) in [5.41, 5.74) is 0. The highest BCUT2D eigenvalue weighted by atomic mass is 16.6. The predicted molar refractivity (Wildman–Crippen MR) is 246 cm³/mol. The molecule has 0 bridgehead atoms. The van der Waals surface area contributed by atoms with Crippen LogP contribution in [0.4, 0.5) is 0 Å². The number of rotatable bonds is 45. The third-order valence-corrected chi connectivity index (χ3v) is 11.3. The van der Waals surface area contributed by atoms with Gasteiger partial charge in [0.2, 0.25) is 0 Å². The molecular formula is C52H94O6. The topological polar surface area (TPSA) is 86.7 Å². The average Bonchev–Trinajstić information content (AvgIpc) is 3.20. The van der Waals surface area contributed by atoms with Crippen LogP contribution in [0.15, 0.2) is 24.3 Å². The van der Waals surface area contributed by atoms with Crippen molar-refractivity contribution in [2.45, 2.75) is 284 Å². The van der Waals surface area contributed by atoms with Crippen molar-refractivity contribution in [3.05, 3.63) is 24.3 Å². The van der Waals surface area contributed by atoms with E-state index in [9.17, 15) is 19.2 Å². The van der Waals surface area contributed by atoms with Crippen LogP contribution in [-0.4, -0.2) is 23.9 Å². The van der Waals surface area contributed by atoms with Gasteiger partial charge in [-0.15, -0.1) is 0 Å². The summed E-state index contributed by atoms with van der Waals surface area (Å²) in [6.45, 7) is 4.52. The Morgan fingerprint density at radius 1 is 0.259 bits per heavy atom. The minimum Gasteiger partial charge on any atom is -0.393 e. The first kappa shape index (κ1) is 55.8. The highest BCUT2D eigenvalue weighted by molar-refractivity contribution is 5.85. The van der Waals surface area contributed by atoms with Crippen molar-refractivity contribution in [3.8, 4) is 0 Å². The SMILES string of the molecule is CCCCCCCC/C=C/CCCCCCCC(=O)OC(=O)CCCCCCCCCCCCCCC(=O)OC(=O)CCCCCCC/C=C/CCCCCCCC. The van der Waals surface area contributed by atoms with Crippen LogP contribution in [0, 0.1) is 0 Å². The molecule has 0 atom stereocenters. The molecule has 58 heavy (non-hydrogen) atoms. The number of esters is 4. The molecule has 0 aliphatic rings. The van der Waals surface area contributed by atoms with Crippen molar-refractivity contribution in [1.82, 2.24) is 0 Å². The quantitative estimate of drug-likeness (QED) is 0.0263. The molecule has 0 fully saturated rings. The van der Waals surface area contributed by atoms with Gasteiger partial charge in [0.05, 0.1) is 0 Å². The Labute approximate surface area is 359 Å². The number of ether oxygens (including phenoxy) is 2. The predicted octanol–water partition coefficient (Wildman–Crippen LogP) is 16.7. The maximum atomic E-state index is 12.0. The van der Waals surface area contributed by atoms with Crippen molar-refractivity contribution >= 4 is 23.9 Å². The molecule has 338 valence electrons. The normalized spacial score (nSPS) is 11.6. The Hall–Kier alpha value is -2.24. The third-order valence-electron chi connectivity index (χ3n) is 11.3. The van der Waals surface area contributed by atoms with Crippen molar-refractivity contribution in [1.29, 1.82) is 0 Å². The third kappa shape index (κ3) is 46.4. The fourth-order valence-corrected chi connectivity index (χ4v) is 7.44.